The first kappa shape index (κ1) is 13.2. The van der Waals surface area contributed by atoms with Gasteiger partial charge < -0.3 is 10.4 Å². The summed E-state index contributed by atoms with van der Waals surface area (Å²) in [6, 6.07) is 4.30. The molecule has 0 unspecified atom stereocenters. The van der Waals surface area contributed by atoms with Crippen LogP contribution in [0.4, 0.5) is 10.1 Å². The molecule has 19 heavy (non-hydrogen) atoms. The second kappa shape index (κ2) is 6.05. The first-order valence-corrected chi connectivity index (χ1v) is 5.76. The molecule has 0 radical (unpaired) electrons. The fourth-order valence-electron chi connectivity index (χ4n) is 1.57. The number of carbonyl (C=O) groups is 1. The van der Waals surface area contributed by atoms with Gasteiger partial charge in [-0.25, -0.2) is 14.1 Å². The van der Waals surface area contributed by atoms with Crippen LogP contribution in [-0.4, -0.2) is 32.4 Å². The van der Waals surface area contributed by atoms with Gasteiger partial charge in [-0.15, -0.1) is 0 Å². The van der Waals surface area contributed by atoms with Crippen molar-refractivity contribution in [2.24, 2.45) is 0 Å². The maximum Gasteiger partial charge on any atom is 0.224 e. The lowest BCUT2D eigenvalue weighted by Gasteiger charge is -2.07. The molecule has 2 aromatic rings. The Bertz CT molecular complexity index is 557. The number of hydrogen-bond acceptors (Lipinski definition) is 4. The van der Waals surface area contributed by atoms with Crippen molar-refractivity contribution in [3.8, 4) is 5.69 Å². The van der Waals surface area contributed by atoms with Crippen molar-refractivity contribution in [2.75, 3.05) is 11.9 Å². The molecule has 1 aromatic heterocycles. The summed E-state index contributed by atoms with van der Waals surface area (Å²) in [6.45, 7) is -0.0486. The Labute approximate surface area is 108 Å². The van der Waals surface area contributed by atoms with Gasteiger partial charge >= 0.3 is 0 Å². The fourth-order valence-corrected chi connectivity index (χ4v) is 1.57. The van der Waals surface area contributed by atoms with Gasteiger partial charge in [-0.2, -0.15) is 5.10 Å². The Morgan fingerprint density at radius 1 is 1.47 bits per heavy atom. The molecule has 100 valence electrons. The third-order valence-corrected chi connectivity index (χ3v) is 2.46. The van der Waals surface area contributed by atoms with E-state index in [2.05, 4.69) is 15.4 Å². The number of anilines is 1. The van der Waals surface area contributed by atoms with Gasteiger partial charge in [-0.3, -0.25) is 4.79 Å². The third-order valence-electron chi connectivity index (χ3n) is 2.46. The normalized spacial score (nSPS) is 10.4. The molecule has 0 fully saturated rings. The van der Waals surface area contributed by atoms with Crippen LogP contribution in [0.5, 0.6) is 0 Å². The number of aromatic nitrogens is 3. The van der Waals surface area contributed by atoms with Crippen LogP contribution >= 0.6 is 0 Å². The molecule has 0 aliphatic carbocycles. The second-order valence-corrected chi connectivity index (χ2v) is 3.88. The van der Waals surface area contributed by atoms with E-state index in [-0.39, 0.29) is 24.6 Å². The van der Waals surface area contributed by atoms with E-state index in [4.69, 9.17) is 5.11 Å². The quantitative estimate of drug-likeness (QED) is 0.848. The van der Waals surface area contributed by atoms with Crippen LogP contribution in [0.3, 0.4) is 0 Å². The molecule has 0 aliphatic heterocycles. The summed E-state index contributed by atoms with van der Waals surface area (Å²) in [5.74, 6) is -0.771. The first-order chi connectivity index (χ1) is 9.20. The van der Waals surface area contributed by atoms with Gasteiger partial charge in [0.05, 0.1) is 0 Å². The maximum absolute atomic E-state index is 13.8. The Kier molecular flexibility index (Phi) is 4.19. The van der Waals surface area contributed by atoms with E-state index in [0.29, 0.717) is 12.1 Å². The lowest BCUT2D eigenvalue weighted by molar-refractivity contribution is -0.116. The summed E-state index contributed by atoms with van der Waals surface area (Å²) in [4.78, 5) is 15.2. The van der Waals surface area contributed by atoms with E-state index in [0.717, 1.165) is 0 Å². The molecule has 0 atom stereocenters. The smallest absolute Gasteiger partial charge is 0.224 e. The predicted molar refractivity (Wildman–Crippen MR) is 66.3 cm³/mol. The Balaban J connectivity index is 2.09. The number of hydrogen-bond donors (Lipinski definition) is 2. The molecular weight excluding hydrogens is 251 g/mol. The van der Waals surface area contributed by atoms with Crippen LogP contribution in [0.2, 0.25) is 0 Å². The largest absolute Gasteiger partial charge is 0.396 e. The lowest BCUT2D eigenvalue weighted by atomic mass is 10.2. The summed E-state index contributed by atoms with van der Waals surface area (Å²) >= 11 is 0. The molecule has 0 saturated heterocycles. The molecule has 7 heteroatoms. The van der Waals surface area contributed by atoms with E-state index >= 15 is 0 Å². The van der Waals surface area contributed by atoms with Crippen molar-refractivity contribution in [3.05, 3.63) is 36.7 Å². The Morgan fingerprint density at radius 3 is 2.95 bits per heavy atom. The van der Waals surface area contributed by atoms with Crippen molar-refractivity contribution in [2.45, 2.75) is 12.8 Å². The topological polar surface area (TPSA) is 80.0 Å². The van der Waals surface area contributed by atoms with Crippen LogP contribution in [0.15, 0.2) is 30.9 Å². The summed E-state index contributed by atoms with van der Waals surface area (Å²) in [6.07, 6.45) is 3.27. The fraction of sp³-hybridized carbons (Fsp3) is 0.250. The zero-order valence-corrected chi connectivity index (χ0v) is 10.1. The minimum Gasteiger partial charge on any atom is -0.396 e. The Hall–Kier alpha value is -2.28. The molecule has 2 rings (SSSR count). The van der Waals surface area contributed by atoms with Crippen LogP contribution in [0.25, 0.3) is 5.69 Å². The summed E-state index contributed by atoms with van der Waals surface area (Å²) in [5.41, 5.74) is 0.621. The number of nitrogens with one attached hydrogen (secondary N) is 1. The molecule has 2 N–H and O–H groups in total. The van der Waals surface area contributed by atoms with E-state index in [1.54, 1.807) is 6.07 Å². The summed E-state index contributed by atoms with van der Waals surface area (Å²) in [5, 5.41) is 15.0. The van der Waals surface area contributed by atoms with Crippen molar-refractivity contribution in [1.82, 2.24) is 14.8 Å². The molecule has 0 saturated carbocycles. The summed E-state index contributed by atoms with van der Waals surface area (Å²) in [7, 11) is 0. The van der Waals surface area contributed by atoms with Crippen LogP contribution in [0, 0.1) is 5.82 Å². The number of amides is 1. The lowest BCUT2D eigenvalue weighted by Crippen LogP contribution is -2.12. The van der Waals surface area contributed by atoms with E-state index < -0.39 is 5.82 Å². The van der Waals surface area contributed by atoms with Crippen molar-refractivity contribution in [3.63, 3.8) is 0 Å². The zero-order valence-electron chi connectivity index (χ0n) is 10.1. The van der Waals surface area contributed by atoms with Gasteiger partial charge in [0.1, 0.15) is 18.3 Å². The van der Waals surface area contributed by atoms with E-state index in [1.807, 2.05) is 0 Å². The van der Waals surface area contributed by atoms with Gasteiger partial charge in [0.2, 0.25) is 5.91 Å². The number of aliphatic hydroxyl groups excluding tert-OH is 1. The molecule has 1 heterocycles. The van der Waals surface area contributed by atoms with Gasteiger partial charge in [0, 0.05) is 18.7 Å². The molecular formula is C12H13FN4O2. The van der Waals surface area contributed by atoms with Gasteiger partial charge in [0.25, 0.3) is 0 Å². The van der Waals surface area contributed by atoms with E-state index in [9.17, 15) is 9.18 Å². The highest BCUT2D eigenvalue weighted by atomic mass is 19.1. The molecule has 0 aliphatic rings. The van der Waals surface area contributed by atoms with E-state index in [1.165, 1.54) is 29.5 Å². The number of carbonyl (C=O) groups excluding carboxylic acids is 1. The summed E-state index contributed by atoms with van der Waals surface area (Å²) < 4.78 is 15.1. The maximum atomic E-state index is 13.8. The number of rotatable bonds is 5. The Morgan fingerprint density at radius 2 is 2.32 bits per heavy atom. The number of benzene rings is 1. The molecule has 1 amide bonds. The third kappa shape index (κ3) is 3.35. The number of aliphatic hydroxyl groups is 1. The van der Waals surface area contributed by atoms with Gasteiger partial charge in [-0.1, -0.05) is 0 Å². The first-order valence-electron chi connectivity index (χ1n) is 5.76. The highest BCUT2D eigenvalue weighted by Gasteiger charge is 2.08. The average molecular weight is 264 g/mol. The van der Waals surface area contributed by atoms with Gasteiger partial charge in [0.15, 0.2) is 5.82 Å². The average Bonchev–Trinajstić information content (AvgIpc) is 2.90. The number of nitrogens with zero attached hydrogens (tertiary/aromatic N) is 3. The minimum absolute atomic E-state index is 0.0486. The molecule has 0 spiro atoms. The predicted octanol–water partition coefficient (Wildman–Crippen LogP) is 1.12. The van der Waals surface area contributed by atoms with Crippen LogP contribution in [-0.2, 0) is 4.79 Å². The monoisotopic (exact) mass is 264 g/mol. The van der Waals surface area contributed by atoms with Crippen molar-refractivity contribution in [1.29, 1.82) is 0 Å². The molecule has 1 aromatic carbocycles. The van der Waals surface area contributed by atoms with Crippen LogP contribution < -0.4 is 5.32 Å². The highest BCUT2D eigenvalue weighted by molar-refractivity contribution is 5.90. The SMILES string of the molecule is O=C(CCCO)Nc1ccc(-n2cncn2)c(F)c1. The number of halogens is 1. The minimum atomic E-state index is -0.509. The highest BCUT2D eigenvalue weighted by Crippen LogP contribution is 2.17. The zero-order chi connectivity index (χ0) is 13.7. The standard InChI is InChI=1S/C12H13FN4O2/c13-10-6-9(16-12(19)2-1-5-18)3-4-11(10)17-8-14-7-15-17/h3-4,6-8,18H,1-2,5H2,(H,16,19). The molecule has 6 nitrogen and oxygen atoms in total. The molecule has 0 bridgehead atoms. The second-order valence-electron chi connectivity index (χ2n) is 3.88. The van der Waals surface area contributed by atoms with Crippen LogP contribution in [0.1, 0.15) is 12.8 Å². The van der Waals surface area contributed by atoms with Crippen molar-refractivity contribution >= 4 is 11.6 Å². The van der Waals surface area contributed by atoms with Crippen molar-refractivity contribution < 1.29 is 14.3 Å². The van der Waals surface area contributed by atoms with Gasteiger partial charge in [-0.05, 0) is 24.6 Å².